The van der Waals surface area contributed by atoms with E-state index in [0.29, 0.717) is 11.3 Å². The number of likely N-dealkylation sites (N-methyl/N-ethyl adjacent to an activating group) is 1. The summed E-state index contributed by atoms with van der Waals surface area (Å²) >= 11 is 5.19. The van der Waals surface area contributed by atoms with E-state index in [2.05, 4.69) is 5.32 Å². The Hall–Kier alpha value is -2.68. The van der Waals surface area contributed by atoms with Crippen molar-refractivity contribution in [2.75, 3.05) is 18.6 Å². The molecular weight excluding hydrogens is 370 g/mol. The van der Waals surface area contributed by atoms with Crippen molar-refractivity contribution in [2.45, 2.75) is 37.5 Å². The monoisotopic (exact) mass is 389 g/mol. The summed E-state index contributed by atoms with van der Waals surface area (Å²) in [6.45, 7) is 5.04. The van der Waals surface area contributed by atoms with E-state index in [1.165, 1.54) is 11.8 Å². The smallest absolute Gasteiger partial charge is 0.417 e. The van der Waals surface area contributed by atoms with Gasteiger partial charge in [0.05, 0.1) is 11.2 Å². The number of hydrogen-bond donors (Lipinski definition) is 1. The van der Waals surface area contributed by atoms with Crippen molar-refractivity contribution in [3.63, 3.8) is 0 Å². The molecule has 1 N–H and O–H groups in total. The Balaban J connectivity index is 1.92. The second-order valence-corrected chi connectivity index (χ2v) is 8.08. The lowest BCUT2D eigenvalue weighted by Gasteiger charge is -2.39. The molecule has 2 atom stereocenters. The van der Waals surface area contributed by atoms with Gasteiger partial charge in [-0.25, -0.2) is 9.69 Å². The van der Waals surface area contributed by atoms with Gasteiger partial charge in [0.25, 0.3) is 17.0 Å². The Labute approximate surface area is 161 Å². The molecule has 1 aromatic carbocycles. The number of benzene rings is 1. The Morgan fingerprint density at radius 1 is 1.22 bits per heavy atom. The van der Waals surface area contributed by atoms with E-state index in [-0.39, 0.29) is 11.8 Å². The lowest BCUT2D eigenvalue weighted by atomic mass is 9.76. The molecule has 1 aromatic rings. The third kappa shape index (κ3) is 1.97. The van der Waals surface area contributed by atoms with Crippen LogP contribution in [0.25, 0.3) is 0 Å². The van der Waals surface area contributed by atoms with Gasteiger partial charge in [0.1, 0.15) is 6.61 Å². The number of rotatable bonds is 1. The van der Waals surface area contributed by atoms with Crippen molar-refractivity contribution < 1.29 is 23.9 Å². The SMILES string of the molecule is CN1C(=O)[C@]2(OC(=S)N[C@@]2(C)C(=O)N2C(=O)OCC2(C)C)c2ccccc21. The van der Waals surface area contributed by atoms with Crippen molar-refractivity contribution in [1.82, 2.24) is 10.2 Å². The van der Waals surface area contributed by atoms with E-state index in [9.17, 15) is 14.4 Å². The van der Waals surface area contributed by atoms with Gasteiger partial charge in [0.2, 0.25) is 5.60 Å². The number of hydrogen-bond acceptors (Lipinski definition) is 6. The molecule has 0 aromatic heterocycles. The van der Waals surface area contributed by atoms with Gasteiger partial charge in [-0.05, 0) is 39.1 Å². The summed E-state index contributed by atoms with van der Waals surface area (Å²) in [5.41, 5.74) is -3.05. The summed E-state index contributed by atoms with van der Waals surface area (Å²) in [4.78, 5) is 41.7. The molecule has 0 aliphatic carbocycles. The molecule has 0 saturated carbocycles. The van der Waals surface area contributed by atoms with Crippen LogP contribution in [-0.4, -0.2) is 52.7 Å². The molecule has 27 heavy (non-hydrogen) atoms. The number of para-hydroxylation sites is 1. The topological polar surface area (TPSA) is 88.2 Å². The van der Waals surface area contributed by atoms with Crippen LogP contribution in [0.15, 0.2) is 24.3 Å². The Kier molecular flexibility index (Phi) is 3.41. The summed E-state index contributed by atoms with van der Waals surface area (Å²) in [6.07, 6.45) is -0.756. The lowest BCUT2D eigenvalue weighted by Crippen LogP contribution is -2.68. The van der Waals surface area contributed by atoms with Crippen molar-refractivity contribution in [3.8, 4) is 0 Å². The predicted molar refractivity (Wildman–Crippen MR) is 99.0 cm³/mol. The van der Waals surface area contributed by atoms with Crippen LogP contribution >= 0.6 is 12.2 Å². The number of anilines is 1. The summed E-state index contributed by atoms with van der Waals surface area (Å²) in [5.74, 6) is -1.06. The molecule has 3 aliphatic rings. The van der Waals surface area contributed by atoms with Crippen LogP contribution in [0.5, 0.6) is 0 Å². The molecule has 0 bridgehead atoms. The first-order valence-corrected chi connectivity index (χ1v) is 8.87. The number of carbonyl (C=O) groups excluding carboxylic acids is 3. The summed E-state index contributed by atoms with van der Waals surface area (Å²) in [5, 5.41) is 2.78. The van der Waals surface area contributed by atoms with Gasteiger partial charge in [-0.1, -0.05) is 18.2 Å². The molecule has 3 heterocycles. The van der Waals surface area contributed by atoms with E-state index < -0.39 is 34.6 Å². The van der Waals surface area contributed by atoms with E-state index in [1.807, 2.05) is 0 Å². The summed E-state index contributed by atoms with van der Waals surface area (Å²) in [6, 6.07) is 7.05. The zero-order chi connectivity index (χ0) is 19.8. The molecule has 142 valence electrons. The highest BCUT2D eigenvalue weighted by Crippen LogP contribution is 2.52. The predicted octanol–water partition coefficient (Wildman–Crippen LogP) is 1.28. The highest BCUT2D eigenvalue weighted by atomic mass is 32.1. The van der Waals surface area contributed by atoms with Crippen LogP contribution in [0.3, 0.4) is 0 Å². The number of thiocarbonyl (C=S) groups is 1. The van der Waals surface area contributed by atoms with E-state index >= 15 is 0 Å². The Bertz CT molecular complexity index is 916. The highest BCUT2D eigenvalue weighted by molar-refractivity contribution is 7.80. The van der Waals surface area contributed by atoms with Gasteiger partial charge >= 0.3 is 6.09 Å². The number of cyclic esters (lactones) is 1. The van der Waals surface area contributed by atoms with Crippen LogP contribution in [0.2, 0.25) is 0 Å². The van der Waals surface area contributed by atoms with E-state index in [0.717, 1.165) is 4.90 Å². The minimum Gasteiger partial charge on any atom is -0.447 e. The molecule has 1 spiro atoms. The van der Waals surface area contributed by atoms with E-state index in [1.54, 1.807) is 45.2 Å². The number of nitrogens with zero attached hydrogens (tertiary/aromatic N) is 2. The number of ether oxygens (including phenoxy) is 2. The normalized spacial score (nSPS) is 31.0. The summed E-state index contributed by atoms with van der Waals surface area (Å²) in [7, 11) is 1.61. The molecule has 2 saturated heterocycles. The van der Waals surface area contributed by atoms with Crippen molar-refractivity contribution in [3.05, 3.63) is 29.8 Å². The van der Waals surface area contributed by atoms with Gasteiger partial charge in [0, 0.05) is 12.6 Å². The first-order chi connectivity index (χ1) is 12.6. The fourth-order valence-corrected chi connectivity index (χ4v) is 4.39. The third-order valence-corrected chi connectivity index (χ3v) is 5.71. The molecule has 4 rings (SSSR count). The van der Waals surface area contributed by atoms with Crippen LogP contribution in [0.1, 0.15) is 26.3 Å². The molecule has 2 fully saturated rings. The number of amides is 3. The Morgan fingerprint density at radius 3 is 2.52 bits per heavy atom. The fourth-order valence-electron chi connectivity index (χ4n) is 4.07. The minimum absolute atomic E-state index is 0.0659. The minimum atomic E-state index is -1.70. The zero-order valence-corrected chi connectivity index (χ0v) is 16.2. The number of imide groups is 1. The maximum absolute atomic E-state index is 13.6. The maximum Gasteiger partial charge on any atom is 0.417 e. The molecule has 3 amide bonds. The molecule has 0 unspecified atom stereocenters. The molecular formula is C18H19N3O5S. The van der Waals surface area contributed by atoms with Crippen LogP contribution in [0.4, 0.5) is 10.5 Å². The average molecular weight is 389 g/mol. The van der Waals surface area contributed by atoms with Crippen molar-refractivity contribution in [2.24, 2.45) is 0 Å². The molecule has 3 aliphatic heterocycles. The van der Waals surface area contributed by atoms with E-state index in [4.69, 9.17) is 21.7 Å². The Morgan fingerprint density at radius 2 is 1.89 bits per heavy atom. The maximum atomic E-state index is 13.6. The van der Waals surface area contributed by atoms with Crippen LogP contribution in [-0.2, 0) is 24.7 Å². The molecule has 8 nitrogen and oxygen atoms in total. The zero-order valence-electron chi connectivity index (χ0n) is 15.4. The highest BCUT2D eigenvalue weighted by Gasteiger charge is 2.72. The van der Waals surface area contributed by atoms with Crippen molar-refractivity contribution in [1.29, 1.82) is 0 Å². The first kappa shape index (κ1) is 17.7. The number of fused-ring (bicyclic) bond motifs is 2. The van der Waals surface area contributed by atoms with Gasteiger partial charge in [-0.15, -0.1) is 0 Å². The van der Waals surface area contributed by atoms with Gasteiger partial charge in [-0.3, -0.25) is 9.59 Å². The lowest BCUT2D eigenvalue weighted by molar-refractivity contribution is -0.152. The third-order valence-electron chi connectivity index (χ3n) is 5.52. The van der Waals surface area contributed by atoms with Crippen molar-refractivity contribution >= 4 is 41.0 Å². The average Bonchev–Trinajstić information content (AvgIpc) is 3.13. The number of nitrogens with one attached hydrogen (secondary N) is 1. The fraction of sp³-hybridized carbons (Fsp3) is 0.444. The molecule has 9 heteroatoms. The molecule has 0 radical (unpaired) electrons. The first-order valence-electron chi connectivity index (χ1n) is 8.46. The second-order valence-electron chi connectivity index (χ2n) is 7.71. The standard InChI is InChI=1S/C18H19N3O5S/c1-16(2)9-25-15(24)21(16)12(22)17(3)18(26-14(27)19-17)10-7-5-6-8-11(10)20(4)13(18)23/h5-8H,9H2,1-4H3,(H,19,27)/t17-,18+/m0/s1. The van der Waals surface area contributed by atoms with Gasteiger partial charge in [-0.2, -0.15) is 0 Å². The second kappa shape index (κ2) is 5.19. The van der Waals surface area contributed by atoms with Crippen LogP contribution in [0, 0.1) is 0 Å². The largest absolute Gasteiger partial charge is 0.447 e. The summed E-state index contributed by atoms with van der Waals surface area (Å²) < 4.78 is 10.9. The number of carbonyl (C=O) groups is 3. The van der Waals surface area contributed by atoms with Gasteiger partial charge in [0.15, 0.2) is 5.54 Å². The quantitative estimate of drug-likeness (QED) is 0.724. The van der Waals surface area contributed by atoms with Gasteiger partial charge < -0.3 is 19.7 Å². The van der Waals surface area contributed by atoms with Crippen LogP contribution < -0.4 is 10.2 Å².